The lowest BCUT2D eigenvalue weighted by atomic mass is 10.2. The van der Waals surface area contributed by atoms with Gasteiger partial charge in [0.05, 0.1) is 18.8 Å². The smallest absolute Gasteiger partial charge is 0.270 e. The van der Waals surface area contributed by atoms with Crippen LogP contribution in [0.5, 0.6) is 0 Å². The summed E-state index contributed by atoms with van der Waals surface area (Å²) in [7, 11) is 0. The number of H-pyrrole nitrogens is 1. The van der Waals surface area contributed by atoms with Crippen LogP contribution < -0.4 is 0 Å². The van der Waals surface area contributed by atoms with Crippen LogP contribution >= 0.6 is 0 Å². The number of fused-ring (bicyclic) bond motifs is 1. The molecule has 0 unspecified atom stereocenters. The van der Waals surface area contributed by atoms with Gasteiger partial charge in [0.1, 0.15) is 11.5 Å². The number of nitrogens with zero attached hydrogens (tertiary/aromatic N) is 3. The van der Waals surface area contributed by atoms with E-state index in [4.69, 9.17) is 0 Å². The Balaban J connectivity index is 1.58. The molecule has 0 bridgehead atoms. The summed E-state index contributed by atoms with van der Waals surface area (Å²) in [6.45, 7) is 3.41. The summed E-state index contributed by atoms with van der Waals surface area (Å²) in [6.07, 6.45) is 5.74. The van der Waals surface area contributed by atoms with Gasteiger partial charge in [-0.1, -0.05) is 6.07 Å². The van der Waals surface area contributed by atoms with Gasteiger partial charge in [0.15, 0.2) is 0 Å². The monoisotopic (exact) mass is 326 g/mol. The largest absolute Gasteiger partial charge is 0.350 e. The van der Waals surface area contributed by atoms with Crippen LogP contribution in [0, 0.1) is 12.7 Å². The van der Waals surface area contributed by atoms with Gasteiger partial charge in [-0.05, 0) is 43.5 Å². The number of hydrogen-bond donors (Lipinski definition) is 1. The molecule has 1 N–H and O–H groups in total. The van der Waals surface area contributed by atoms with E-state index in [1.165, 1.54) is 6.07 Å². The fraction of sp³-hybridized carbons (Fsp3) is 0.333. The molecule has 24 heavy (non-hydrogen) atoms. The minimum absolute atomic E-state index is 0.0722. The topological polar surface area (TPSA) is 53.9 Å². The molecule has 1 amide bonds. The minimum atomic E-state index is -0.312. The lowest BCUT2D eigenvalue weighted by Gasteiger charge is -2.24. The minimum Gasteiger partial charge on any atom is -0.350 e. The molecule has 2 aromatic heterocycles. The number of hydrogen-bond acceptors (Lipinski definition) is 2. The Morgan fingerprint density at radius 3 is 3.08 bits per heavy atom. The number of halogens is 1. The highest BCUT2D eigenvalue weighted by Crippen LogP contribution is 2.24. The van der Waals surface area contributed by atoms with Gasteiger partial charge in [0.2, 0.25) is 0 Å². The van der Waals surface area contributed by atoms with Crippen molar-refractivity contribution in [2.75, 3.05) is 6.54 Å². The third-order valence-corrected chi connectivity index (χ3v) is 4.64. The number of likely N-dealkylation sites (tertiary alicyclic amines) is 1. The second-order valence-electron chi connectivity index (χ2n) is 6.42. The summed E-state index contributed by atoms with van der Waals surface area (Å²) >= 11 is 0. The van der Waals surface area contributed by atoms with E-state index in [-0.39, 0.29) is 17.8 Å². The van der Waals surface area contributed by atoms with Crippen LogP contribution in [0.2, 0.25) is 0 Å². The highest BCUT2D eigenvalue weighted by Gasteiger charge is 2.30. The zero-order valence-electron chi connectivity index (χ0n) is 13.5. The molecule has 0 radical (unpaired) electrons. The predicted molar refractivity (Wildman–Crippen MR) is 89.3 cm³/mol. The van der Waals surface area contributed by atoms with Gasteiger partial charge in [-0.2, -0.15) is 5.10 Å². The summed E-state index contributed by atoms with van der Waals surface area (Å²) in [6, 6.07) is 6.56. The van der Waals surface area contributed by atoms with Crippen molar-refractivity contribution in [3.8, 4) is 0 Å². The Morgan fingerprint density at radius 1 is 1.46 bits per heavy atom. The first-order valence-electron chi connectivity index (χ1n) is 8.19. The average molecular weight is 326 g/mol. The summed E-state index contributed by atoms with van der Waals surface area (Å²) in [5.74, 6) is -0.384. The predicted octanol–water partition coefficient (Wildman–Crippen LogP) is 3.12. The van der Waals surface area contributed by atoms with Crippen LogP contribution in [-0.4, -0.2) is 38.2 Å². The molecule has 5 nitrogen and oxygen atoms in total. The number of carbonyl (C=O) groups is 1. The molecule has 0 spiro atoms. The molecule has 1 aliphatic heterocycles. The van der Waals surface area contributed by atoms with Crippen molar-refractivity contribution >= 4 is 16.8 Å². The van der Waals surface area contributed by atoms with Crippen LogP contribution in [0.25, 0.3) is 10.9 Å². The van der Waals surface area contributed by atoms with Gasteiger partial charge in [0, 0.05) is 23.6 Å². The highest BCUT2D eigenvalue weighted by atomic mass is 19.1. The summed E-state index contributed by atoms with van der Waals surface area (Å²) < 4.78 is 15.7. The molecule has 0 aliphatic carbocycles. The normalized spacial score (nSPS) is 17.8. The molecule has 0 saturated carbocycles. The van der Waals surface area contributed by atoms with Gasteiger partial charge in [0.25, 0.3) is 5.91 Å². The Labute approximate surface area is 139 Å². The fourth-order valence-corrected chi connectivity index (χ4v) is 3.46. The molecule has 4 rings (SSSR count). The molecule has 1 atom stereocenters. The Morgan fingerprint density at radius 2 is 2.33 bits per heavy atom. The standard InChI is InChI=1S/C18H19FN4O/c1-12-9-20-22(10-12)11-13-4-3-7-23(13)18(24)17-8-14-15(19)5-2-6-16(14)21-17/h2,5-6,8-10,13,21H,3-4,7,11H2,1H3/t13-/m1/s1. The Bertz CT molecular complexity index is 897. The summed E-state index contributed by atoms with van der Waals surface area (Å²) in [4.78, 5) is 17.8. The second kappa shape index (κ2) is 5.78. The van der Waals surface area contributed by atoms with E-state index in [9.17, 15) is 9.18 Å². The molecule has 1 fully saturated rings. The van der Waals surface area contributed by atoms with Crippen molar-refractivity contribution < 1.29 is 9.18 Å². The number of nitrogens with one attached hydrogen (secondary N) is 1. The molecule has 1 saturated heterocycles. The van der Waals surface area contributed by atoms with E-state index < -0.39 is 0 Å². The number of aromatic nitrogens is 3. The first-order valence-corrected chi connectivity index (χ1v) is 8.19. The SMILES string of the molecule is Cc1cnn(C[C@H]2CCCN2C(=O)c2cc3c(F)cccc3[nH]2)c1. The maximum atomic E-state index is 13.9. The molecule has 1 aliphatic rings. The molecule has 124 valence electrons. The first kappa shape index (κ1) is 14.9. The third-order valence-electron chi connectivity index (χ3n) is 4.64. The lowest BCUT2D eigenvalue weighted by Crippen LogP contribution is -2.38. The Hall–Kier alpha value is -2.63. The van der Waals surface area contributed by atoms with Gasteiger partial charge >= 0.3 is 0 Å². The third kappa shape index (κ3) is 2.58. The number of aromatic amines is 1. The van der Waals surface area contributed by atoms with Crippen LogP contribution in [0.15, 0.2) is 36.7 Å². The van der Waals surface area contributed by atoms with Crippen molar-refractivity contribution in [2.45, 2.75) is 32.4 Å². The zero-order chi connectivity index (χ0) is 16.7. The van der Waals surface area contributed by atoms with Crippen molar-refractivity contribution in [1.29, 1.82) is 0 Å². The van der Waals surface area contributed by atoms with E-state index in [0.717, 1.165) is 24.9 Å². The van der Waals surface area contributed by atoms with Gasteiger partial charge < -0.3 is 9.88 Å². The molecule has 3 heterocycles. The van der Waals surface area contributed by atoms with E-state index in [0.29, 0.717) is 23.1 Å². The van der Waals surface area contributed by atoms with E-state index in [1.807, 2.05) is 28.9 Å². The van der Waals surface area contributed by atoms with Gasteiger partial charge in [-0.15, -0.1) is 0 Å². The number of amides is 1. The highest BCUT2D eigenvalue weighted by molar-refractivity contribution is 5.98. The molecular formula is C18H19FN4O. The van der Waals surface area contributed by atoms with E-state index >= 15 is 0 Å². The molecular weight excluding hydrogens is 307 g/mol. The van der Waals surface area contributed by atoms with Crippen LogP contribution in [0.4, 0.5) is 4.39 Å². The van der Waals surface area contributed by atoms with Gasteiger partial charge in [-0.25, -0.2) is 4.39 Å². The van der Waals surface area contributed by atoms with E-state index in [2.05, 4.69) is 10.1 Å². The number of aryl methyl sites for hydroxylation is 1. The Kier molecular flexibility index (Phi) is 3.59. The first-order chi connectivity index (χ1) is 11.6. The van der Waals surface area contributed by atoms with Crippen molar-refractivity contribution in [3.05, 3.63) is 53.7 Å². The van der Waals surface area contributed by atoms with Crippen LogP contribution in [0.3, 0.4) is 0 Å². The van der Waals surface area contributed by atoms with Gasteiger partial charge in [-0.3, -0.25) is 9.48 Å². The molecule has 3 aromatic rings. The quantitative estimate of drug-likeness (QED) is 0.804. The van der Waals surface area contributed by atoms with Crippen LogP contribution in [-0.2, 0) is 6.54 Å². The second-order valence-corrected chi connectivity index (χ2v) is 6.42. The zero-order valence-corrected chi connectivity index (χ0v) is 13.5. The van der Waals surface area contributed by atoms with Crippen molar-refractivity contribution in [2.24, 2.45) is 0 Å². The van der Waals surface area contributed by atoms with Crippen LogP contribution in [0.1, 0.15) is 28.9 Å². The number of carbonyl (C=O) groups excluding carboxylic acids is 1. The maximum Gasteiger partial charge on any atom is 0.270 e. The average Bonchev–Trinajstić information content (AvgIpc) is 3.27. The number of rotatable bonds is 3. The summed E-state index contributed by atoms with van der Waals surface area (Å²) in [5, 5.41) is 4.77. The lowest BCUT2D eigenvalue weighted by molar-refractivity contribution is 0.0716. The van der Waals surface area contributed by atoms with Crippen molar-refractivity contribution in [3.63, 3.8) is 0 Å². The maximum absolute atomic E-state index is 13.9. The van der Waals surface area contributed by atoms with Crippen molar-refractivity contribution in [1.82, 2.24) is 19.7 Å². The van der Waals surface area contributed by atoms with E-state index in [1.54, 1.807) is 18.2 Å². The molecule has 1 aromatic carbocycles. The molecule has 6 heteroatoms. The fourth-order valence-electron chi connectivity index (χ4n) is 3.46. The number of benzene rings is 1. The summed E-state index contributed by atoms with van der Waals surface area (Å²) in [5.41, 5.74) is 2.20.